The number of thioether (sulfide) groups is 1. The maximum atomic E-state index is 13.7. The minimum absolute atomic E-state index is 0.0599. The summed E-state index contributed by atoms with van der Waals surface area (Å²) in [6, 6.07) is 13.3. The highest BCUT2D eigenvalue weighted by Gasteiger charge is 2.10. The van der Waals surface area contributed by atoms with E-state index >= 15 is 0 Å². The summed E-state index contributed by atoms with van der Waals surface area (Å²) in [6.07, 6.45) is 0.554. The predicted octanol–water partition coefficient (Wildman–Crippen LogP) is 4.56. The van der Waals surface area contributed by atoms with Crippen molar-refractivity contribution >= 4 is 27.7 Å². The van der Waals surface area contributed by atoms with Crippen molar-refractivity contribution in [1.82, 2.24) is 0 Å². The van der Waals surface area contributed by atoms with Crippen molar-refractivity contribution in [3.63, 3.8) is 0 Å². The van der Waals surface area contributed by atoms with Gasteiger partial charge in [-0.15, -0.1) is 11.8 Å². The Kier molecular flexibility index (Phi) is 5.64. The molecular weight excluding hydrogens is 337 g/mol. The molecule has 4 heteroatoms. The average Bonchev–Trinajstić information content (AvgIpc) is 2.41. The molecule has 2 aromatic rings. The van der Waals surface area contributed by atoms with Crippen LogP contribution in [0.1, 0.15) is 11.1 Å². The van der Waals surface area contributed by atoms with Gasteiger partial charge in [-0.25, -0.2) is 4.39 Å². The molecule has 20 heavy (non-hydrogen) atoms. The fourth-order valence-electron chi connectivity index (χ4n) is 1.94. The number of benzene rings is 2. The largest absolute Gasteiger partial charge is 0.327 e. The summed E-state index contributed by atoms with van der Waals surface area (Å²) in [6.45, 7) is 2.09. The Morgan fingerprint density at radius 2 is 2.00 bits per heavy atom. The summed E-state index contributed by atoms with van der Waals surface area (Å²) >= 11 is 4.98. The molecule has 0 aliphatic heterocycles. The van der Waals surface area contributed by atoms with Gasteiger partial charge in [0.2, 0.25) is 0 Å². The number of rotatable bonds is 5. The molecule has 0 radical (unpaired) electrons. The molecule has 0 aliphatic rings. The van der Waals surface area contributed by atoms with Gasteiger partial charge in [-0.1, -0.05) is 40.2 Å². The van der Waals surface area contributed by atoms with Crippen LogP contribution >= 0.6 is 27.7 Å². The van der Waals surface area contributed by atoms with Gasteiger partial charge in [0.05, 0.1) is 0 Å². The lowest BCUT2D eigenvalue weighted by Gasteiger charge is -2.13. The lowest BCUT2D eigenvalue weighted by Crippen LogP contribution is -2.26. The van der Waals surface area contributed by atoms with Crippen molar-refractivity contribution in [1.29, 1.82) is 0 Å². The van der Waals surface area contributed by atoms with E-state index in [-0.39, 0.29) is 11.9 Å². The Morgan fingerprint density at radius 1 is 1.25 bits per heavy atom. The Morgan fingerprint density at radius 3 is 2.70 bits per heavy atom. The molecular formula is C16H17BrFNS. The van der Waals surface area contributed by atoms with Gasteiger partial charge in [-0.05, 0) is 42.7 Å². The van der Waals surface area contributed by atoms with Gasteiger partial charge in [-0.2, -0.15) is 0 Å². The van der Waals surface area contributed by atoms with Gasteiger partial charge in [0.15, 0.2) is 0 Å². The number of nitrogens with two attached hydrogens (primary N) is 1. The third kappa shape index (κ3) is 4.33. The van der Waals surface area contributed by atoms with Crippen molar-refractivity contribution in [3.8, 4) is 0 Å². The van der Waals surface area contributed by atoms with Crippen LogP contribution in [0.5, 0.6) is 0 Å². The highest BCUT2D eigenvalue weighted by Crippen LogP contribution is 2.23. The maximum Gasteiger partial charge on any atom is 0.127 e. The lowest BCUT2D eigenvalue weighted by atomic mass is 10.1. The molecule has 106 valence electrons. The molecule has 0 saturated heterocycles. The molecule has 1 nitrogen and oxygen atoms in total. The van der Waals surface area contributed by atoms with Crippen LogP contribution in [0.4, 0.5) is 4.39 Å². The minimum atomic E-state index is -0.198. The summed E-state index contributed by atoms with van der Waals surface area (Å²) in [4.78, 5) is 1.24. The molecule has 1 unspecified atom stereocenters. The molecule has 0 aromatic heterocycles. The Bertz CT molecular complexity index is 588. The van der Waals surface area contributed by atoms with Crippen molar-refractivity contribution in [2.24, 2.45) is 5.73 Å². The third-order valence-electron chi connectivity index (χ3n) is 3.04. The molecule has 0 spiro atoms. The number of halogens is 2. The average molecular weight is 354 g/mol. The second kappa shape index (κ2) is 7.25. The van der Waals surface area contributed by atoms with Crippen molar-refractivity contribution in [2.45, 2.75) is 24.3 Å². The van der Waals surface area contributed by atoms with E-state index in [1.807, 2.05) is 18.2 Å². The first-order chi connectivity index (χ1) is 9.56. The van der Waals surface area contributed by atoms with Crippen LogP contribution in [-0.4, -0.2) is 11.8 Å². The van der Waals surface area contributed by atoms with Crippen molar-refractivity contribution in [2.75, 3.05) is 5.75 Å². The SMILES string of the molecule is Cc1ccccc1SCC(N)Cc1ccc(Br)cc1F. The van der Waals surface area contributed by atoms with Gasteiger partial charge >= 0.3 is 0 Å². The Labute approximate surface area is 131 Å². The smallest absolute Gasteiger partial charge is 0.127 e. The topological polar surface area (TPSA) is 26.0 Å². The van der Waals surface area contributed by atoms with E-state index in [4.69, 9.17) is 5.73 Å². The molecule has 0 aliphatic carbocycles. The first kappa shape index (κ1) is 15.5. The zero-order valence-corrected chi connectivity index (χ0v) is 13.7. The summed E-state index contributed by atoms with van der Waals surface area (Å²) in [5, 5.41) is 0. The molecule has 2 N–H and O–H groups in total. The van der Waals surface area contributed by atoms with Crippen LogP contribution in [0.3, 0.4) is 0 Å². The second-order valence-corrected chi connectivity index (χ2v) is 6.75. The van der Waals surface area contributed by atoms with E-state index < -0.39 is 0 Å². The minimum Gasteiger partial charge on any atom is -0.327 e. The van der Waals surface area contributed by atoms with Gasteiger partial charge < -0.3 is 5.73 Å². The molecule has 0 amide bonds. The standard InChI is InChI=1S/C16H17BrFNS/c1-11-4-2-3-5-16(11)20-10-14(19)8-12-6-7-13(17)9-15(12)18/h2-7,9,14H,8,10,19H2,1H3. The summed E-state index contributed by atoms with van der Waals surface area (Å²) in [5.41, 5.74) is 8.03. The first-order valence-corrected chi connectivity index (χ1v) is 8.22. The van der Waals surface area contributed by atoms with Crippen molar-refractivity contribution in [3.05, 3.63) is 63.9 Å². The third-order valence-corrected chi connectivity index (χ3v) is 4.90. The van der Waals surface area contributed by atoms with Crippen LogP contribution < -0.4 is 5.73 Å². The van der Waals surface area contributed by atoms with Crippen molar-refractivity contribution < 1.29 is 4.39 Å². The lowest BCUT2D eigenvalue weighted by molar-refractivity contribution is 0.596. The molecule has 2 aromatic carbocycles. The molecule has 0 bridgehead atoms. The van der Waals surface area contributed by atoms with E-state index in [1.165, 1.54) is 16.5 Å². The molecule has 2 rings (SSSR count). The zero-order chi connectivity index (χ0) is 14.5. The quantitative estimate of drug-likeness (QED) is 0.797. The second-order valence-electron chi connectivity index (χ2n) is 4.78. The van der Waals surface area contributed by atoms with Gasteiger partial charge in [0.25, 0.3) is 0 Å². The van der Waals surface area contributed by atoms with Crippen LogP contribution in [-0.2, 0) is 6.42 Å². The maximum absolute atomic E-state index is 13.7. The monoisotopic (exact) mass is 353 g/mol. The van der Waals surface area contributed by atoms with E-state index in [1.54, 1.807) is 17.8 Å². The Balaban J connectivity index is 1.92. The van der Waals surface area contributed by atoms with Gasteiger partial charge in [0, 0.05) is 21.2 Å². The highest BCUT2D eigenvalue weighted by atomic mass is 79.9. The highest BCUT2D eigenvalue weighted by molar-refractivity contribution is 9.10. The van der Waals surface area contributed by atoms with E-state index in [9.17, 15) is 4.39 Å². The molecule has 0 fully saturated rings. The summed E-state index contributed by atoms with van der Waals surface area (Å²) in [5.74, 6) is 0.580. The fraction of sp³-hybridized carbons (Fsp3) is 0.250. The van der Waals surface area contributed by atoms with E-state index in [2.05, 4.69) is 35.0 Å². The van der Waals surface area contributed by atoms with E-state index in [0.29, 0.717) is 12.0 Å². The summed E-state index contributed by atoms with van der Waals surface area (Å²) in [7, 11) is 0. The van der Waals surface area contributed by atoms with Gasteiger partial charge in [-0.3, -0.25) is 0 Å². The zero-order valence-electron chi connectivity index (χ0n) is 11.3. The molecule has 0 heterocycles. The summed E-state index contributed by atoms with van der Waals surface area (Å²) < 4.78 is 14.5. The van der Waals surface area contributed by atoms with Crippen LogP contribution in [0.2, 0.25) is 0 Å². The number of hydrogen-bond donors (Lipinski definition) is 1. The fourth-order valence-corrected chi connectivity index (χ4v) is 3.26. The van der Waals surface area contributed by atoms with Crippen LogP contribution in [0, 0.1) is 12.7 Å². The number of aryl methyl sites for hydroxylation is 1. The van der Waals surface area contributed by atoms with E-state index in [0.717, 1.165) is 10.2 Å². The van der Waals surface area contributed by atoms with Gasteiger partial charge in [0.1, 0.15) is 5.82 Å². The molecule has 1 atom stereocenters. The predicted molar refractivity (Wildman–Crippen MR) is 87.7 cm³/mol. The van der Waals surface area contributed by atoms with Crippen LogP contribution in [0.15, 0.2) is 51.8 Å². The Hall–Kier alpha value is -0.840. The number of hydrogen-bond acceptors (Lipinski definition) is 2. The normalized spacial score (nSPS) is 12.4. The molecule has 0 saturated carbocycles. The van der Waals surface area contributed by atoms with Crippen LogP contribution in [0.25, 0.3) is 0 Å². The first-order valence-electron chi connectivity index (χ1n) is 6.44.